The van der Waals surface area contributed by atoms with Crippen molar-refractivity contribution in [2.75, 3.05) is 0 Å². The Labute approximate surface area is 68.9 Å². The number of aromatic nitrogens is 2. The van der Waals surface area contributed by atoms with E-state index in [4.69, 9.17) is 11.0 Å². The normalized spacial score (nSPS) is 11.6. The number of nitriles is 1. The first-order valence-electron chi connectivity index (χ1n) is 3.20. The molecule has 0 saturated carbocycles. The van der Waals surface area contributed by atoms with Gasteiger partial charge >= 0.3 is 0 Å². The number of primary amides is 1. The largest absolute Gasteiger partial charge is 0.368 e. The lowest BCUT2D eigenvalue weighted by Gasteiger charge is -2.00. The molecule has 1 aromatic heterocycles. The zero-order chi connectivity index (χ0) is 8.97. The molecule has 0 unspecified atom stereocenters. The molecule has 1 atom stereocenters. The zero-order valence-corrected chi connectivity index (χ0v) is 6.14. The predicted molar refractivity (Wildman–Crippen MR) is 39.6 cm³/mol. The average Bonchev–Trinajstić information content (AvgIpc) is 2.07. The molecule has 1 heterocycles. The quantitative estimate of drug-likeness (QED) is 0.638. The fourth-order valence-electron chi connectivity index (χ4n) is 0.735. The first-order chi connectivity index (χ1) is 5.75. The van der Waals surface area contributed by atoms with Crippen molar-refractivity contribution in [2.45, 2.75) is 5.92 Å². The predicted octanol–water partition coefficient (Wildman–Crippen LogP) is -0.431. The zero-order valence-electron chi connectivity index (χ0n) is 6.14. The maximum absolute atomic E-state index is 10.7. The van der Waals surface area contributed by atoms with Crippen molar-refractivity contribution >= 4 is 5.91 Å². The van der Waals surface area contributed by atoms with Crippen LogP contribution in [-0.4, -0.2) is 15.9 Å². The molecule has 0 aliphatic heterocycles. The summed E-state index contributed by atoms with van der Waals surface area (Å²) in [4.78, 5) is 18.2. The molecular formula is C7H6N4O. The van der Waals surface area contributed by atoms with Gasteiger partial charge in [0.05, 0.1) is 18.0 Å². The first-order valence-corrected chi connectivity index (χ1v) is 3.20. The Morgan fingerprint density at radius 2 is 2.42 bits per heavy atom. The highest BCUT2D eigenvalue weighted by molar-refractivity contribution is 5.84. The van der Waals surface area contributed by atoms with Crippen LogP contribution in [0.2, 0.25) is 0 Å². The highest BCUT2D eigenvalue weighted by Gasteiger charge is 2.17. The van der Waals surface area contributed by atoms with E-state index in [2.05, 4.69) is 9.97 Å². The summed E-state index contributed by atoms with van der Waals surface area (Å²) in [7, 11) is 0. The summed E-state index contributed by atoms with van der Waals surface area (Å²) in [6.07, 6.45) is 4.21. The van der Waals surface area contributed by atoms with Crippen LogP contribution in [0.1, 0.15) is 11.6 Å². The van der Waals surface area contributed by atoms with E-state index in [1.165, 1.54) is 18.6 Å². The minimum atomic E-state index is -1.00. The maximum atomic E-state index is 10.7. The molecule has 1 amide bonds. The molecule has 0 radical (unpaired) electrons. The lowest BCUT2D eigenvalue weighted by molar-refractivity contribution is -0.118. The van der Waals surface area contributed by atoms with Gasteiger partial charge in [-0.3, -0.25) is 14.8 Å². The highest BCUT2D eigenvalue weighted by atomic mass is 16.1. The van der Waals surface area contributed by atoms with Crippen molar-refractivity contribution in [1.29, 1.82) is 5.26 Å². The fraction of sp³-hybridized carbons (Fsp3) is 0.143. The number of nitrogens with two attached hydrogens (primary N) is 1. The highest BCUT2D eigenvalue weighted by Crippen LogP contribution is 2.08. The number of amides is 1. The number of hydrogen-bond donors (Lipinski definition) is 1. The van der Waals surface area contributed by atoms with E-state index in [1.807, 2.05) is 0 Å². The fourth-order valence-corrected chi connectivity index (χ4v) is 0.735. The van der Waals surface area contributed by atoms with E-state index in [0.29, 0.717) is 0 Å². The van der Waals surface area contributed by atoms with Crippen LogP contribution in [0.25, 0.3) is 0 Å². The summed E-state index contributed by atoms with van der Waals surface area (Å²) in [6.45, 7) is 0. The molecule has 1 aromatic rings. The number of rotatable bonds is 2. The Kier molecular flexibility index (Phi) is 2.33. The van der Waals surface area contributed by atoms with Gasteiger partial charge in [0.2, 0.25) is 5.91 Å². The van der Waals surface area contributed by atoms with E-state index in [1.54, 1.807) is 6.07 Å². The van der Waals surface area contributed by atoms with Crippen molar-refractivity contribution in [1.82, 2.24) is 9.97 Å². The first kappa shape index (κ1) is 8.14. The molecule has 0 bridgehead atoms. The Hall–Kier alpha value is -1.96. The molecule has 0 aromatic carbocycles. The van der Waals surface area contributed by atoms with Gasteiger partial charge in [0, 0.05) is 12.4 Å². The minimum absolute atomic E-state index is 0.285. The van der Waals surface area contributed by atoms with Gasteiger partial charge in [-0.2, -0.15) is 5.26 Å². The second-order valence-corrected chi connectivity index (χ2v) is 2.09. The molecule has 60 valence electrons. The molecule has 2 N–H and O–H groups in total. The summed E-state index contributed by atoms with van der Waals surface area (Å²) >= 11 is 0. The summed E-state index contributed by atoms with van der Waals surface area (Å²) < 4.78 is 0. The third-order valence-corrected chi connectivity index (χ3v) is 1.29. The Morgan fingerprint density at radius 3 is 2.83 bits per heavy atom. The van der Waals surface area contributed by atoms with Crippen LogP contribution in [0.4, 0.5) is 0 Å². The summed E-state index contributed by atoms with van der Waals surface area (Å²) in [6, 6.07) is 1.74. The Balaban J connectivity index is 2.98. The van der Waals surface area contributed by atoms with Gasteiger partial charge in [-0.05, 0) is 0 Å². The number of nitrogens with zero attached hydrogens (tertiary/aromatic N) is 3. The van der Waals surface area contributed by atoms with Gasteiger partial charge in [0.15, 0.2) is 5.92 Å². The van der Waals surface area contributed by atoms with E-state index in [-0.39, 0.29) is 5.69 Å². The van der Waals surface area contributed by atoms with Gasteiger partial charge in [0.25, 0.3) is 0 Å². The molecule has 0 aliphatic carbocycles. The van der Waals surface area contributed by atoms with Crippen LogP contribution in [-0.2, 0) is 4.79 Å². The lowest BCUT2D eigenvalue weighted by atomic mass is 10.1. The van der Waals surface area contributed by atoms with Gasteiger partial charge in [-0.25, -0.2) is 0 Å². The molecule has 0 aliphatic rings. The minimum Gasteiger partial charge on any atom is -0.368 e. The van der Waals surface area contributed by atoms with Crippen LogP contribution in [0.5, 0.6) is 0 Å². The maximum Gasteiger partial charge on any atom is 0.241 e. The monoisotopic (exact) mass is 162 g/mol. The third-order valence-electron chi connectivity index (χ3n) is 1.29. The van der Waals surface area contributed by atoms with E-state index in [9.17, 15) is 4.79 Å². The van der Waals surface area contributed by atoms with Gasteiger partial charge in [-0.1, -0.05) is 0 Å². The summed E-state index contributed by atoms with van der Waals surface area (Å²) in [5, 5.41) is 8.53. The van der Waals surface area contributed by atoms with Crippen LogP contribution < -0.4 is 5.73 Å². The molecule has 0 saturated heterocycles. The second-order valence-electron chi connectivity index (χ2n) is 2.09. The molecule has 1 rings (SSSR count). The average molecular weight is 162 g/mol. The SMILES string of the molecule is N#C[C@@H](C(N)=O)c1cnccn1. The van der Waals surface area contributed by atoms with E-state index >= 15 is 0 Å². The van der Waals surface area contributed by atoms with Gasteiger partial charge in [-0.15, -0.1) is 0 Å². The number of carbonyl (C=O) groups excluding carboxylic acids is 1. The number of carbonyl (C=O) groups is 1. The lowest BCUT2D eigenvalue weighted by Crippen LogP contribution is -2.20. The Morgan fingerprint density at radius 1 is 1.67 bits per heavy atom. The molecular weight excluding hydrogens is 156 g/mol. The summed E-state index contributed by atoms with van der Waals surface area (Å²) in [5.74, 6) is -1.71. The molecule has 5 heteroatoms. The number of hydrogen-bond acceptors (Lipinski definition) is 4. The molecule has 0 fully saturated rings. The molecule has 12 heavy (non-hydrogen) atoms. The van der Waals surface area contributed by atoms with Crippen molar-refractivity contribution in [3.63, 3.8) is 0 Å². The van der Waals surface area contributed by atoms with Crippen molar-refractivity contribution in [3.8, 4) is 6.07 Å². The van der Waals surface area contributed by atoms with Crippen molar-refractivity contribution in [2.24, 2.45) is 5.73 Å². The van der Waals surface area contributed by atoms with Gasteiger partial charge in [0.1, 0.15) is 0 Å². The van der Waals surface area contributed by atoms with E-state index in [0.717, 1.165) is 0 Å². The third kappa shape index (κ3) is 1.55. The van der Waals surface area contributed by atoms with Crippen LogP contribution in [0.3, 0.4) is 0 Å². The second kappa shape index (κ2) is 3.44. The van der Waals surface area contributed by atoms with Crippen molar-refractivity contribution < 1.29 is 4.79 Å². The van der Waals surface area contributed by atoms with Crippen molar-refractivity contribution in [3.05, 3.63) is 24.3 Å². The summed E-state index contributed by atoms with van der Waals surface area (Å²) in [5.41, 5.74) is 5.23. The smallest absolute Gasteiger partial charge is 0.241 e. The van der Waals surface area contributed by atoms with Gasteiger partial charge < -0.3 is 5.73 Å². The van der Waals surface area contributed by atoms with E-state index < -0.39 is 11.8 Å². The molecule has 0 spiro atoms. The topological polar surface area (TPSA) is 92.7 Å². The van der Waals surface area contributed by atoms with Crippen LogP contribution in [0.15, 0.2) is 18.6 Å². The standard InChI is InChI=1S/C7H6N4O/c8-3-5(7(9)12)6-4-10-1-2-11-6/h1-2,4-5H,(H2,9,12)/t5-/m1/s1. The molecule has 5 nitrogen and oxygen atoms in total. The Bertz CT molecular complexity index is 316. The van der Waals surface area contributed by atoms with Crippen LogP contribution >= 0.6 is 0 Å². The van der Waals surface area contributed by atoms with Crippen LogP contribution in [0, 0.1) is 11.3 Å².